The summed E-state index contributed by atoms with van der Waals surface area (Å²) in [5, 5.41) is 2.91. The maximum absolute atomic E-state index is 12.8. The van der Waals surface area contributed by atoms with Gasteiger partial charge in [-0.1, -0.05) is 36.4 Å². The molecule has 1 fully saturated rings. The number of rotatable bonds is 8. The Bertz CT molecular complexity index is 1010. The van der Waals surface area contributed by atoms with E-state index in [-0.39, 0.29) is 29.8 Å². The fraction of sp³-hybridized carbons (Fsp3) is 0.409. The summed E-state index contributed by atoms with van der Waals surface area (Å²) in [5.74, 6) is -0.989. The maximum atomic E-state index is 12.8. The van der Waals surface area contributed by atoms with Crippen LogP contribution in [0.15, 0.2) is 59.5 Å². The number of carbonyl (C=O) groups excluding carboxylic acids is 1. The second kappa shape index (κ2) is 10.4. The lowest BCUT2D eigenvalue weighted by Gasteiger charge is -2.30. The van der Waals surface area contributed by atoms with Gasteiger partial charge in [-0.3, -0.25) is 4.79 Å². The summed E-state index contributed by atoms with van der Waals surface area (Å²) in [6, 6.07) is 14.3. The van der Waals surface area contributed by atoms with Crippen molar-refractivity contribution in [2.24, 2.45) is 5.92 Å². The molecule has 0 unspecified atom stereocenters. The standard InChI is InChI=1S/C22H25F3N2O4S/c23-22(24,25)31-19-9-4-10-20(16-19)32(29,30)27-14-11-18(12-15-27)21(28)26-13-5-8-17-6-2-1-3-7-17/h1-4,6-7,9-10,16,18H,5,8,11-15H2,(H,26,28). The Labute approximate surface area is 185 Å². The van der Waals surface area contributed by atoms with Crippen molar-refractivity contribution < 1.29 is 31.1 Å². The molecule has 3 rings (SSSR count). The third-order valence-corrected chi connectivity index (χ3v) is 7.18. The summed E-state index contributed by atoms with van der Waals surface area (Å²) in [6.45, 7) is 0.780. The van der Waals surface area contributed by atoms with E-state index in [1.807, 2.05) is 30.3 Å². The van der Waals surface area contributed by atoms with Gasteiger partial charge in [0, 0.05) is 31.6 Å². The van der Waals surface area contributed by atoms with E-state index in [4.69, 9.17) is 0 Å². The Morgan fingerprint density at radius 1 is 1.06 bits per heavy atom. The van der Waals surface area contributed by atoms with Crippen molar-refractivity contribution in [3.63, 3.8) is 0 Å². The number of ether oxygens (including phenoxy) is 1. The zero-order valence-electron chi connectivity index (χ0n) is 17.3. The third-order valence-electron chi connectivity index (χ3n) is 5.29. The Hall–Kier alpha value is -2.59. The predicted molar refractivity (Wildman–Crippen MR) is 112 cm³/mol. The van der Waals surface area contributed by atoms with Gasteiger partial charge in [0.05, 0.1) is 4.90 Å². The van der Waals surface area contributed by atoms with E-state index in [1.165, 1.54) is 22.0 Å². The zero-order chi connectivity index (χ0) is 23.2. The predicted octanol–water partition coefficient (Wildman–Crippen LogP) is 3.73. The van der Waals surface area contributed by atoms with Gasteiger partial charge in [-0.2, -0.15) is 4.31 Å². The molecule has 6 nitrogen and oxygen atoms in total. The number of halogens is 3. The molecule has 0 aromatic heterocycles. The molecule has 32 heavy (non-hydrogen) atoms. The molecular weight excluding hydrogens is 445 g/mol. The van der Waals surface area contributed by atoms with Crippen molar-refractivity contribution in [1.82, 2.24) is 9.62 Å². The van der Waals surface area contributed by atoms with Crippen LogP contribution in [0.25, 0.3) is 0 Å². The Kier molecular flexibility index (Phi) is 7.78. The van der Waals surface area contributed by atoms with Gasteiger partial charge in [0.25, 0.3) is 0 Å². The topological polar surface area (TPSA) is 75.7 Å². The van der Waals surface area contributed by atoms with Crippen LogP contribution in [0.1, 0.15) is 24.8 Å². The molecule has 0 radical (unpaired) electrons. The molecule has 1 aliphatic heterocycles. The van der Waals surface area contributed by atoms with Crippen molar-refractivity contribution in [2.75, 3.05) is 19.6 Å². The number of hydrogen-bond acceptors (Lipinski definition) is 4. The van der Waals surface area contributed by atoms with Crippen LogP contribution in [0, 0.1) is 5.92 Å². The number of carbonyl (C=O) groups is 1. The van der Waals surface area contributed by atoms with E-state index in [1.54, 1.807) is 0 Å². The number of sulfonamides is 1. The van der Waals surface area contributed by atoms with E-state index in [0.717, 1.165) is 25.0 Å². The van der Waals surface area contributed by atoms with Gasteiger partial charge in [0.15, 0.2) is 0 Å². The lowest BCUT2D eigenvalue weighted by atomic mass is 9.97. The number of aryl methyl sites for hydroxylation is 1. The normalized spacial score (nSPS) is 16.0. The van der Waals surface area contributed by atoms with Gasteiger partial charge in [-0.05, 0) is 43.4 Å². The van der Waals surface area contributed by atoms with E-state index in [9.17, 15) is 26.4 Å². The molecule has 174 valence electrons. The van der Waals surface area contributed by atoms with Gasteiger partial charge in [0.2, 0.25) is 15.9 Å². The molecule has 1 aliphatic rings. The highest BCUT2D eigenvalue weighted by molar-refractivity contribution is 7.89. The minimum absolute atomic E-state index is 0.101. The first-order valence-electron chi connectivity index (χ1n) is 10.3. The smallest absolute Gasteiger partial charge is 0.406 e. The second-order valence-corrected chi connectivity index (χ2v) is 9.52. The van der Waals surface area contributed by atoms with Gasteiger partial charge < -0.3 is 10.1 Å². The number of nitrogens with one attached hydrogen (secondary N) is 1. The lowest BCUT2D eigenvalue weighted by molar-refractivity contribution is -0.274. The number of benzene rings is 2. The van der Waals surface area contributed by atoms with Crippen LogP contribution in [-0.4, -0.2) is 44.6 Å². The lowest BCUT2D eigenvalue weighted by Crippen LogP contribution is -2.43. The number of nitrogens with zero attached hydrogens (tertiary/aromatic N) is 1. The minimum Gasteiger partial charge on any atom is -0.406 e. The maximum Gasteiger partial charge on any atom is 0.573 e. The van der Waals surface area contributed by atoms with Gasteiger partial charge in [0.1, 0.15) is 5.75 Å². The summed E-state index contributed by atoms with van der Waals surface area (Å²) in [4.78, 5) is 12.1. The minimum atomic E-state index is -4.91. The molecule has 0 saturated carbocycles. The highest BCUT2D eigenvalue weighted by atomic mass is 32.2. The number of amides is 1. The molecule has 0 spiro atoms. The van der Waals surface area contributed by atoms with Crippen LogP contribution in [0.5, 0.6) is 5.75 Å². The van der Waals surface area contributed by atoms with Crippen LogP contribution in [0.3, 0.4) is 0 Å². The molecule has 1 saturated heterocycles. The summed E-state index contributed by atoms with van der Waals surface area (Å²) in [6.07, 6.45) is -2.55. The average Bonchev–Trinajstić information content (AvgIpc) is 2.76. The Balaban J connectivity index is 1.49. The molecular formula is C22H25F3N2O4S. The molecule has 1 amide bonds. The van der Waals surface area contributed by atoms with Crippen molar-refractivity contribution in [2.45, 2.75) is 36.9 Å². The van der Waals surface area contributed by atoms with E-state index < -0.39 is 22.1 Å². The van der Waals surface area contributed by atoms with E-state index in [2.05, 4.69) is 10.1 Å². The first kappa shape index (κ1) is 24.1. The molecule has 1 N–H and O–H groups in total. The van der Waals surface area contributed by atoms with Gasteiger partial charge >= 0.3 is 6.36 Å². The van der Waals surface area contributed by atoms with E-state index >= 15 is 0 Å². The van der Waals surface area contributed by atoms with Gasteiger partial charge in [-0.25, -0.2) is 8.42 Å². The number of piperidine rings is 1. The molecule has 2 aromatic carbocycles. The average molecular weight is 471 g/mol. The largest absolute Gasteiger partial charge is 0.573 e. The molecule has 10 heteroatoms. The summed E-state index contributed by atoms with van der Waals surface area (Å²) in [7, 11) is -3.99. The second-order valence-electron chi connectivity index (χ2n) is 7.58. The van der Waals surface area contributed by atoms with Crippen molar-refractivity contribution in [3.05, 3.63) is 60.2 Å². The van der Waals surface area contributed by atoms with Crippen LogP contribution in [0.4, 0.5) is 13.2 Å². The number of alkyl halides is 3. The van der Waals surface area contributed by atoms with Crippen molar-refractivity contribution >= 4 is 15.9 Å². The van der Waals surface area contributed by atoms with Crippen LogP contribution in [-0.2, 0) is 21.2 Å². The summed E-state index contributed by atoms with van der Waals surface area (Å²) < 4.78 is 67.9. The van der Waals surface area contributed by atoms with Crippen LogP contribution >= 0.6 is 0 Å². The number of hydrogen-bond donors (Lipinski definition) is 1. The Morgan fingerprint density at radius 2 is 1.75 bits per heavy atom. The highest BCUT2D eigenvalue weighted by Crippen LogP contribution is 2.28. The molecule has 2 aromatic rings. The molecule has 1 heterocycles. The quantitative estimate of drug-likeness (QED) is 0.597. The SMILES string of the molecule is O=C(NCCCc1ccccc1)C1CCN(S(=O)(=O)c2cccc(OC(F)(F)F)c2)CC1. The van der Waals surface area contributed by atoms with Crippen LogP contribution in [0.2, 0.25) is 0 Å². The summed E-state index contributed by atoms with van der Waals surface area (Å²) >= 11 is 0. The fourth-order valence-electron chi connectivity index (χ4n) is 3.63. The third kappa shape index (κ3) is 6.70. The van der Waals surface area contributed by atoms with Crippen molar-refractivity contribution in [1.29, 1.82) is 0 Å². The first-order chi connectivity index (χ1) is 15.1. The highest BCUT2D eigenvalue weighted by Gasteiger charge is 2.34. The molecule has 0 bridgehead atoms. The zero-order valence-corrected chi connectivity index (χ0v) is 18.2. The molecule has 0 atom stereocenters. The van der Waals surface area contributed by atoms with E-state index in [0.29, 0.717) is 19.4 Å². The van der Waals surface area contributed by atoms with Crippen LogP contribution < -0.4 is 10.1 Å². The van der Waals surface area contributed by atoms with Gasteiger partial charge in [-0.15, -0.1) is 13.2 Å². The fourth-order valence-corrected chi connectivity index (χ4v) is 5.14. The Morgan fingerprint density at radius 3 is 2.41 bits per heavy atom. The molecule has 0 aliphatic carbocycles. The first-order valence-corrected chi connectivity index (χ1v) is 11.8. The van der Waals surface area contributed by atoms with Crippen molar-refractivity contribution in [3.8, 4) is 5.75 Å². The summed E-state index contributed by atoms with van der Waals surface area (Å²) in [5.41, 5.74) is 1.20. The monoisotopic (exact) mass is 470 g/mol.